The van der Waals surface area contributed by atoms with Gasteiger partial charge in [0.1, 0.15) is 0 Å². The molecular weight excluding hydrogens is 769 g/mol. The van der Waals surface area contributed by atoms with Gasteiger partial charge in [0, 0.05) is 0 Å². The van der Waals surface area contributed by atoms with Gasteiger partial charge in [-0.25, -0.2) is 0 Å². The van der Waals surface area contributed by atoms with E-state index in [-0.39, 0.29) is 0 Å². The number of hydrogen-bond donors (Lipinski definition) is 0. The van der Waals surface area contributed by atoms with Crippen molar-refractivity contribution in [3.63, 3.8) is 0 Å². The molecule has 0 amide bonds. The van der Waals surface area contributed by atoms with Crippen LogP contribution in [0, 0.1) is 27.7 Å². The summed E-state index contributed by atoms with van der Waals surface area (Å²) in [5, 5.41) is 0. The van der Waals surface area contributed by atoms with E-state index >= 15 is 0 Å². The van der Waals surface area contributed by atoms with E-state index in [1.54, 1.807) is 0 Å². The lowest BCUT2D eigenvalue weighted by Crippen LogP contribution is -1.92. The lowest BCUT2D eigenvalue weighted by Gasteiger charge is -2.15. The van der Waals surface area contributed by atoms with Crippen LogP contribution in [0.25, 0.3) is 111 Å². The zero-order valence-electron chi connectivity index (χ0n) is 36.8. The standard InChI is InChI=1S/C64H48/c1-41-39-64-42(2)40-63(41)59-33-25-55(26-34-59)51-17-9-47(10-18-51)45-5-13-49(14-6-45)53-21-29-57(30-22-53)61-37-38-62(44(4)43(61)3)58-31-23-54(24-32-58)50-15-7-46(8-16-50)48-11-19-52(20-12-48)56-27-35-60(64)36-28-56/h5-40H,1-4H3. The molecule has 0 radical (unpaired) electrons. The number of rotatable bonds is 0. The average Bonchev–Trinajstić information content (AvgIpc) is 3.36. The van der Waals surface area contributed by atoms with Crippen molar-refractivity contribution in [2.45, 2.75) is 27.7 Å². The molecule has 28 aliphatic rings. The van der Waals surface area contributed by atoms with Gasteiger partial charge in [-0.1, -0.05) is 218 Å². The second-order valence-electron chi connectivity index (χ2n) is 17.5. The van der Waals surface area contributed by atoms with Gasteiger partial charge in [-0.15, -0.1) is 0 Å². The molecule has 0 unspecified atom stereocenters. The second-order valence-corrected chi connectivity index (χ2v) is 17.5. The van der Waals surface area contributed by atoms with Gasteiger partial charge < -0.3 is 0 Å². The number of benzene rings is 10. The summed E-state index contributed by atoms with van der Waals surface area (Å²) in [5.74, 6) is 0. The van der Waals surface area contributed by atoms with Crippen LogP contribution in [0.15, 0.2) is 218 Å². The molecule has 0 N–H and O–H groups in total. The molecule has 10 aromatic rings. The Balaban J connectivity index is 0.936. The largest absolute Gasteiger partial charge is 0.0538 e. The van der Waals surface area contributed by atoms with E-state index in [0.717, 1.165) is 0 Å². The Bertz CT molecular complexity index is 2890. The molecule has 10 aromatic carbocycles. The van der Waals surface area contributed by atoms with Crippen molar-refractivity contribution in [1.29, 1.82) is 0 Å². The normalized spacial score (nSPS) is 11.4. The zero-order valence-corrected chi connectivity index (χ0v) is 36.8. The van der Waals surface area contributed by atoms with Gasteiger partial charge in [-0.05, 0) is 161 Å². The maximum atomic E-state index is 2.35. The molecule has 0 nitrogen and oxygen atoms in total. The highest BCUT2D eigenvalue weighted by molar-refractivity contribution is 5.83. The van der Waals surface area contributed by atoms with E-state index in [2.05, 4.69) is 246 Å². The van der Waals surface area contributed by atoms with Gasteiger partial charge in [0.25, 0.3) is 0 Å². The van der Waals surface area contributed by atoms with E-state index in [1.165, 1.54) is 134 Å². The molecule has 0 saturated heterocycles. The second kappa shape index (κ2) is 16.2. The maximum absolute atomic E-state index is 2.35. The summed E-state index contributed by atoms with van der Waals surface area (Å²) >= 11 is 0. The fourth-order valence-electron chi connectivity index (χ4n) is 9.67. The number of aryl methyl sites for hydroxylation is 2. The van der Waals surface area contributed by atoms with E-state index in [4.69, 9.17) is 0 Å². The molecule has 28 aliphatic carbocycles. The summed E-state index contributed by atoms with van der Waals surface area (Å²) in [6.07, 6.45) is 0. The van der Waals surface area contributed by atoms with Crippen LogP contribution in [-0.4, -0.2) is 0 Å². The van der Waals surface area contributed by atoms with Crippen LogP contribution in [-0.2, 0) is 0 Å². The Hall–Kier alpha value is -7.80. The minimum atomic E-state index is 1.21. The fraction of sp³-hybridized carbons (Fsp3) is 0.0625. The van der Waals surface area contributed by atoms with Gasteiger partial charge >= 0.3 is 0 Å². The maximum Gasteiger partial charge on any atom is -0.0152 e. The fourth-order valence-corrected chi connectivity index (χ4v) is 9.67. The molecule has 20 bridgehead atoms. The molecule has 0 saturated carbocycles. The van der Waals surface area contributed by atoms with Gasteiger partial charge in [-0.2, -0.15) is 0 Å². The highest BCUT2D eigenvalue weighted by atomic mass is 14.2. The van der Waals surface area contributed by atoms with Crippen molar-refractivity contribution in [3.8, 4) is 111 Å². The highest BCUT2D eigenvalue weighted by Gasteiger charge is 2.13. The third-order valence-electron chi connectivity index (χ3n) is 13.7. The molecule has 0 aliphatic heterocycles. The SMILES string of the molecule is Cc1cc2c(C)cc1-c1ccc(cc1)-c1ccc(cc1)-c1ccc(cc1)-c1ccc(cc1)-c1ccc(c(C)c1C)-c1ccc(cc1)-c1ccc(cc1)-c1ccc(cc1)-c1ccc-2cc1. The van der Waals surface area contributed by atoms with Crippen molar-refractivity contribution in [3.05, 3.63) is 241 Å². The van der Waals surface area contributed by atoms with Crippen molar-refractivity contribution in [1.82, 2.24) is 0 Å². The Morgan fingerprint density at radius 2 is 0.297 bits per heavy atom. The molecule has 38 rings (SSSR count). The van der Waals surface area contributed by atoms with Crippen molar-refractivity contribution >= 4 is 0 Å². The molecule has 64 heavy (non-hydrogen) atoms. The first-order valence-corrected chi connectivity index (χ1v) is 22.4. The Morgan fingerprint density at radius 3 is 0.469 bits per heavy atom. The molecule has 0 spiro atoms. The Kier molecular flexibility index (Phi) is 9.86. The molecule has 0 heterocycles. The molecule has 0 aromatic heterocycles. The Labute approximate surface area is 377 Å². The van der Waals surface area contributed by atoms with Crippen LogP contribution in [0.3, 0.4) is 0 Å². The van der Waals surface area contributed by atoms with Gasteiger partial charge in [0.05, 0.1) is 0 Å². The minimum absolute atomic E-state index is 1.21. The predicted octanol–water partition coefficient (Wildman–Crippen LogP) is 17.9. The van der Waals surface area contributed by atoms with E-state index in [0.29, 0.717) is 0 Å². The first-order valence-electron chi connectivity index (χ1n) is 22.4. The monoisotopic (exact) mass is 816 g/mol. The predicted molar refractivity (Wildman–Crippen MR) is 273 cm³/mol. The smallest absolute Gasteiger partial charge is 0.0152 e. The third-order valence-corrected chi connectivity index (χ3v) is 13.7. The molecule has 304 valence electrons. The van der Waals surface area contributed by atoms with Gasteiger partial charge in [-0.3, -0.25) is 0 Å². The summed E-state index contributed by atoms with van der Waals surface area (Å²) in [6, 6.07) is 81.2. The first kappa shape index (κ1) is 39.1. The average molecular weight is 817 g/mol. The molecule has 0 heteroatoms. The summed E-state index contributed by atoms with van der Waals surface area (Å²) < 4.78 is 0. The first-order chi connectivity index (χ1) is 31.3. The third kappa shape index (κ3) is 7.28. The van der Waals surface area contributed by atoms with E-state index < -0.39 is 0 Å². The summed E-state index contributed by atoms with van der Waals surface area (Å²) in [6.45, 7) is 8.97. The topological polar surface area (TPSA) is 0 Å². The van der Waals surface area contributed by atoms with Crippen LogP contribution in [0.2, 0.25) is 0 Å². The summed E-state index contributed by atoms with van der Waals surface area (Å²) in [4.78, 5) is 0. The molecular formula is C64H48. The van der Waals surface area contributed by atoms with Crippen LogP contribution in [0.1, 0.15) is 22.3 Å². The summed E-state index contributed by atoms with van der Waals surface area (Å²) in [7, 11) is 0. The van der Waals surface area contributed by atoms with Crippen molar-refractivity contribution < 1.29 is 0 Å². The summed E-state index contributed by atoms with van der Waals surface area (Å²) in [5.41, 5.74) is 29.8. The van der Waals surface area contributed by atoms with Crippen LogP contribution >= 0.6 is 0 Å². The highest BCUT2D eigenvalue weighted by Crippen LogP contribution is 2.38. The van der Waals surface area contributed by atoms with Gasteiger partial charge in [0.15, 0.2) is 0 Å². The van der Waals surface area contributed by atoms with Crippen LogP contribution < -0.4 is 0 Å². The van der Waals surface area contributed by atoms with E-state index in [1.807, 2.05) is 0 Å². The van der Waals surface area contributed by atoms with Crippen LogP contribution in [0.4, 0.5) is 0 Å². The van der Waals surface area contributed by atoms with Crippen molar-refractivity contribution in [2.24, 2.45) is 0 Å². The van der Waals surface area contributed by atoms with E-state index in [9.17, 15) is 0 Å². The molecule has 0 fully saturated rings. The zero-order chi connectivity index (χ0) is 43.3. The Morgan fingerprint density at radius 1 is 0.156 bits per heavy atom. The lowest BCUT2D eigenvalue weighted by atomic mass is 9.89. The van der Waals surface area contributed by atoms with Gasteiger partial charge in [0.2, 0.25) is 0 Å². The van der Waals surface area contributed by atoms with Crippen LogP contribution in [0.5, 0.6) is 0 Å². The van der Waals surface area contributed by atoms with Crippen molar-refractivity contribution in [2.75, 3.05) is 0 Å². The molecule has 0 atom stereocenters. The number of hydrogen-bond acceptors (Lipinski definition) is 0. The quantitative estimate of drug-likeness (QED) is 0.143. The lowest BCUT2D eigenvalue weighted by molar-refractivity contribution is 1.34. The minimum Gasteiger partial charge on any atom is -0.0538 e.